The zero-order valence-electron chi connectivity index (χ0n) is 17.3. The standard InChI is InChI=1S/C24H18ClN3O3S/c1-13-20(23(30)31-2)21(14-7-9-16(25)10-8-14)28-22(29)19(32-24(28)27-13)11-15-12-26-18-6-4-3-5-17(15)18/h3-12,21,26H,1-2H3/b19-11-/t21-/m1/s1. The van der Waals surface area contributed by atoms with Crippen LogP contribution in [0.1, 0.15) is 24.1 Å². The van der Waals surface area contributed by atoms with Crippen molar-refractivity contribution >= 4 is 45.9 Å². The largest absolute Gasteiger partial charge is 0.466 e. The number of benzene rings is 2. The Labute approximate surface area is 191 Å². The Morgan fingerprint density at radius 3 is 2.72 bits per heavy atom. The third kappa shape index (κ3) is 3.30. The number of hydrogen-bond donors (Lipinski definition) is 1. The molecule has 160 valence electrons. The SMILES string of the molecule is COC(=O)C1=C(C)N=c2s/c(=C\c3c[nH]c4ccccc34)c(=O)n2[C@@H]1c1ccc(Cl)cc1. The maximum Gasteiger partial charge on any atom is 0.338 e. The lowest BCUT2D eigenvalue weighted by Gasteiger charge is -2.24. The number of ether oxygens (including phenoxy) is 1. The van der Waals surface area contributed by atoms with Crippen LogP contribution in [0.15, 0.2) is 75.8 Å². The number of allylic oxidation sites excluding steroid dienone is 1. The van der Waals surface area contributed by atoms with Crippen LogP contribution in [0, 0.1) is 0 Å². The average Bonchev–Trinajstić information content (AvgIpc) is 3.34. The summed E-state index contributed by atoms with van der Waals surface area (Å²) in [6.07, 6.45) is 3.74. The van der Waals surface area contributed by atoms with Crippen molar-refractivity contribution in [3.8, 4) is 0 Å². The minimum Gasteiger partial charge on any atom is -0.466 e. The van der Waals surface area contributed by atoms with E-state index >= 15 is 0 Å². The number of fused-ring (bicyclic) bond motifs is 2. The number of para-hydroxylation sites is 1. The van der Waals surface area contributed by atoms with Crippen molar-refractivity contribution in [1.82, 2.24) is 9.55 Å². The normalized spacial score (nSPS) is 16.2. The Balaban J connectivity index is 1.76. The van der Waals surface area contributed by atoms with Gasteiger partial charge in [0.25, 0.3) is 5.56 Å². The van der Waals surface area contributed by atoms with E-state index in [1.807, 2.05) is 48.7 Å². The molecule has 0 unspecified atom stereocenters. The lowest BCUT2D eigenvalue weighted by Crippen LogP contribution is -2.39. The van der Waals surface area contributed by atoms with Gasteiger partial charge in [0.1, 0.15) is 0 Å². The van der Waals surface area contributed by atoms with Crippen LogP contribution in [-0.2, 0) is 9.53 Å². The summed E-state index contributed by atoms with van der Waals surface area (Å²) in [6, 6.07) is 14.4. The summed E-state index contributed by atoms with van der Waals surface area (Å²) >= 11 is 7.37. The van der Waals surface area contributed by atoms with Gasteiger partial charge in [-0.3, -0.25) is 9.36 Å². The first-order chi connectivity index (χ1) is 15.5. The van der Waals surface area contributed by atoms with E-state index in [4.69, 9.17) is 16.3 Å². The number of nitrogens with one attached hydrogen (secondary N) is 1. The van der Waals surface area contributed by atoms with E-state index in [1.165, 1.54) is 18.4 Å². The van der Waals surface area contributed by atoms with Crippen LogP contribution in [0.4, 0.5) is 0 Å². The second-order valence-corrected chi connectivity index (χ2v) is 8.86. The molecule has 0 amide bonds. The lowest BCUT2D eigenvalue weighted by molar-refractivity contribution is -0.136. The number of carbonyl (C=O) groups excluding carboxylic acids is 1. The Morgan fingerprint density at radius 2 is 1.97 bits per heavy atom. The third-order valence-corrected chi connectivity index (χ3v) is 6.76. The van der Waals surface area contributed by atoms with Crippen LogP contribution in [0.3, 0.4) is 0 Å². The predicted octanol–water partition coefficient (Wildman–Crippen LogP) is 3.54. The molecular weight excluding hydrogens is 446 g/mol. The van der Waals surface area contributed by atoms with Gasteiger partial charge in [0.05, 0.1) is 29.0 Å². The first-order valence-corrected chi connectivity index (χ1v) is 11.1. The Kier molecular flexibility index (Phi) is 5.07. The highest BCUT2D eigenvalue weighted by molar-refractivity contribution is 7.07. The number of aromatic amines is 1. The highest BCUT2D eigenvalue weighted by Gasteiger charge is 2.33. The van der Waals surface area contributed by atoms with Gasteiger partial charge >= 0.3 is 5.97 Å². The molecule has 0 saturated carbocycles. The number of aromatic nitrogens is 2. The number of carbonyl (C=O) groups is 1. The molecule has 0 radical (unpaired) electrons. The fourth-order valence-electron chi connectivity index (χ4n) is 4.01. The number of nitrogens with zero attached hydrogens (tertiary/aromatic N) is 2. The molecule has 3 heterocycles. The molecule has 4 aromatic rings. The van der Waals surface area contributed by atoms with E-state index in [1.54, 1.807) is 23.6 Å². The van der Waals surface area contributed by atoms with E-state index in [9.17, 15) is 9.59 Å². The van der Waals surface area contributed by atoms with Crippen molar-refractivity contribution in [1.29, 1.82) is 0 Å². The summed E-state index contributed by atoms with van der Waals surface area (Å²) in [5, 5.41) is 1.60. The number of rotatable bonds is 3. The molecule has 0 bridgehead atoms. The number of thiazole rings is 1. The Morgan fingerprint density at radius 1 is 1.22 bits per heavy atom. The molecule has 0 saturated heterocycles. The van der Waals surface area contributed by atoms with Crippen molar-refractivity contribution < 1.29 is 9.53 Å². The van der Waals surface area contributed by atoms with Crippen molar-refractivity contribution in [3.63, 3.8) is 0 Å². The molecule has 5 rings (SSSR count). The molecule has 0 aliphatic carbocycles. The summed E-state index contributed by atoms with van der Waals surface area (Å²) < 4.78 is 7.12. The summed E-state index contributed by atoms with van der Waals surface area (Å²) in [5.74, 6) is -0.517. The number of hydrogen-bond acceptors (Lipinski definition) is 5. The van der Waals surface area contributed by atoms with E-state index in [0.717, 1.165) is 22.0 Å². The minimum absolute atomic E-state index is 0.215. The first kappa shape index (κ1) is 20.5. The maximum absolute atomic E-state index is 13.6. The second kappa shape index (κ2) is 7.93. The second-order valence-electron chi connectivity index (χ2n) is 7.41. The van der Waals surface area contributed by atoms with Gasteiger partial charge in [-0.2, -0.15) is 0 Å². The smallest absolute Gasteiger partial charge is 0.338 e. The molecular formula is C24H18ClN3O3S. The molecule has 0 spiro atoms. The molecule has 1 atom stereocenters. The molecule has 2 aromatic carbocycles. The highest BCUT2D eigenvalue weighted by Crippen LogP contribution is 2.31. The van der Waals surface area contributed by atoms with Crippen molar-refractivity contribution in [3.05, 3.63) is 102 Å². The van der Waals surface area contributed by atoms with Crippen LogP contribution >= 0.6 is 22.9 Å². The monoisotopic (exact) mass is 463 g/mol. The van der Waals surface area contributed by atoms with E-state index in [0.29, 0.717) is 25.6 Å². The molecule has 1 N–H and O–H groups in total. The minimum atomic E-state index is -0.652. The Bertz CT molecular complexity index is 1580. The fourth-order valence-corrected chi connectivity index (χ4v) is 5.17. The molecule has 1 aliphatic heterocycles. The molecule has 6 nitrogen and oxygen atoms in total. The summed E-state index contributed by atoms with van der Waals surface area (Å²) in [5.41, 5.74) is 3.31. The maximum atomic E-state index is 13.6. The van der Waals surface area contributed by atoms with Gasteiger partial charge in [-0.1, -0.05) is 53.3 Å². The zero-order chi connectivity index (χ0) is 22.4. The first-order valence-electron chi connectivity index (χ1n) is 9.90. The van der Waals surface area contributed by atoms with Crippen LogP contribution in [-0.4, -0.2) is 22.6 Å². The number of esters is 1. The predicted molar refractivity (Wildman–Crippen MR) is 126 cm³/mol. The van der Waals surface area contributed by atoms with Crippen molar-refractivity contribution in [2.24, 2.45) is 4.99 Å². The van der Waals surface area contributed by atoms with Crippen molar-refractivity contribution in [2.45, 2.75) is 13.0 Å². The van der Waals surface area contributed by atoms with Gasteiger partial charge in [-0.05, 0) is 36.8 Å². The molecule has 32 heavy (non-hydrogen) atoms. The fraction of sp³-hybridized carbons (Fsp3) is 0.125. The summed E-state index contributed by atoms with van der Waals surface area (Å²) in [4.78, 5) is 34.6. The number of halogens is 1. The quantitative estimate of drug-likeness (QED) is 0.472. The van der Waals surface area contributed by atoms with Crippen LogP contribution < -0.4 is 14.9 Å². The van der Waals surface area contributed by atoms with E-state index in [-0.39, 0.29) is 5.56 Å². The van der Waals surface area contributed by atoms with Crippen LogP contribution in [0.25, 0.3) is 17.0 Å². The Hall–Kier alpha value is -3.42. The molecule has 1 aliphatic rings. The number of methoxy groups -OCH3 is 1. The van der Waals surface area contributed by atoms with Gasteiger partial charge in [0.2, 0.25) is 0 Å². The average molecular weight is 464 g/mol. The van der Waals surface area contributed by atoms with Gasteiger partial charge in [-0.25, -0.2) is 9.79 Å². The third-order valence-electron chi connectivity index (χ3n) is 5.52. The van der Waals surface area contributed by atoms with E-state index < -0.39 is 12.0 Å². The highest BCUT2D eigenvalue weighted by atomic mass is 35.5. The van der Waals surface area contributed by atoms with Crippen molar-refractivity contribution in [2.75, 3.05) is 7.11 Å². The number of H-pyrrole nitrogens is 1. The topological polar surface area (TPSA) is 76.4 Å². The van der Waals surface area contributed by atoms with E-state index in [2.05, 4.69) is 9.98 Å². The van der Waals surface area contributed by atoms with Gasteiger partial charge < -0.3 is 9.72 Å². The zero-order valence-corrected chi connectivity index (χ0v) is 18.8. The van der Waals surface area contributed by atoms with Gasteiger partial charge in [0.15, 0.2) is 4.80 Å². The molecule has 0 fully saturated rings. The van der Waals surface area contributed by atoms with Crippen LogP contribution in [0.5, 0.6) is 0 Å². The molecule has 2 aromatic heterocycles. The van der Waals surface area contributed by atoms with Crippen LogP contribution in [0.2, 0.25) is 5.02 Å². The van der Waals surface area contributed by atoms with Gasteiger partial charge in [0, 0.05) is 27.7 Å². The summed E-state index contributed by atoms with van der Waals surface area (Å²) in [6.45, 7) is 1.76. The lowest BCUT2D eigenvalue weighted by atomic mass is 9.96. The molecule has 8 heteroatoms. The summed E-state index contributed by atoms with van der Waals surface area (Å²) in [7, 11) is 1.32. The van der Waals surface area contributed by atoms with Gasteiger partial charge in [-0.15, -0.1) is 0 Å².